The molecule has 1 aliphatic heterocycles. The number of hydrogen-bond acceptors (Lipinski definition) is 5. The van der Waals surface area contributed by atoms with E-state index >= 15 is 0 Å². The van der Waals surface area contributed by atoms with E-state index in [1.165, 1.54) is 11.3 Å². The Morgan fingerprint density at radius 3 is 3.12 bits per heavy atom. The maximum absolute atomic E-state index is 11.8. The molecule has 2 atom stereocenters. The summed E-state index contributed by atoms with van der Waals surface area (Å²) in [6.07, 6.45) is 1.86. The monoisotopic (exact) mass is 256 g/mol. The maximum atomic E-state index is 11.8. The lowest BCUT2D eigenvalue weighted by atomic mass is 9.97. The highest BCUT2D eigenvalue weighted by atomic mass is 32.1. The van der Waals surface area contributed by atoms with Crippen LogP contribution in [-0.2, 0) is 4.74 Å². The zero-order chi connectivity index (χ0) is 12.5. The van der Waals surface area contributed by atoms with Crippen LogP contribution >= 0.6 is 11.3 Å². The quantitative estimate of drug-likeness (QED) is 0.836. The van der Waals surface area contributed by atoms with Crippen LogP contribution in [0.3, 0.4) is 0 Å². The molecule has 1 aromatic rings. The van der Waals surface area contributed by atoms with E-state index in [-0.39, 0.29) is 18.6 Å². The van der Waals surface area contributed by atoms with Crippen molar-refractivity contribution in [3.05, 3.63) is 16.1 Å². The van der Waals surface area contributed by atoms with E-state index < -0.39 is 5.60 Å². The van der Waals surface area contributed by atoms with E-state index in [4.69, 9.17) is 4.74 Å². The first-order valence-corrected chi connectivity index (χ1v) is 6.37. The van der Waals surface area contributed by atoms with Crippen molar-refractivity contribution in [3.8, 4) is 0 Å². The number of carbonyl (C=O) groups is 1. The van der Waals surface area contributed by atoms with Gasteiger partial charge < -0.3 is 15.2 Å². The Kier molecular flexibility index (Phi) is 3.46. The third-order valence-corrected chi connectivity index (χ3v) is 3.97. The molecular weight excluding hydrogens is 240 g/mol. The largest absolute Gasteiger partial charge is 0.385 e. The van der Waals surface area contributed by atoms with Crippen LogP contribution in [0.15, 0.2) is 6.20 Å². The van der Waals surface area contributed by atoms with Crippen LogP contribution in [0.5, 0.6) is 0 Å². The standard InChI is InChI=1S/C11H16N2O3S/c1-7-11(15,3-4-16-7)6-13-10(14)9-5-12-8(2)17-9/h5,7,15H,3-4,6H2,1-2H3,(H,13,14). The van der Waals surface area contributed by atoms with E-state index in [1.807, 2.05) is 13.8 Å². The predicted octanol–water partition coefficient (Wildman–Crippen LogP) is 0.721. The first-order chi connectivity index (χ1) is 8.01. The number of carbonyl (C=O) groups excluding carboxylic acids is 1. The zero-order valence-corrected chi connectivity index (χ0v) is 10.7. The summed E-state index contributed by atoms with van der Waals surface area (Å²) in [7, 11) is 0. The van der Waals surface area contributed by atoms with Crippen molar-refractivity contribution >= 4 is 17.2 Å². The normalized spacial score (nSPS) is 28.3. The molecule has 94 valence electrons. The zero-order valence-electron chi connectivity index (χ0n) is 9.90. The number of hydrogen-bond donors (Lipinski definition) is 2. The summed E-state index contributed by atoms with van der Waals surface area (Å²) in [4.78, 5) is 16.4. The molecule has 1 aromatic heterocycles. The van der Waals surface area contributed by atoms with Crippen molar-refractivity contribution in [2.45, 2.75) is 32.0 Å². The number of nitrogens with zero attached hydrogens (tertiary/aromatic N) is 1. The van der Waals surface area contributed by atoms with Crippen LogP contribution in [0.1, 0.15) is 28.0 Å². The van der Waals surface area contributed by atoms with Crippen LogP contribution in [-0.4, -0.2) is 40.9 Å². The van der Waals surface area contributed by atoms with E-state index in [0.717, 1.165) is 5.01 Å². The topological polar surface area (TPSA) is 71.5 Å². The molecule has 1 amide bonds. The van der Waals surface area contributed by atoms with Gasteiger partial charge in [-0.05, 0) is 13.8 Å². The molecule has 1 saturated heterocycles. The SMILES string of the molecule is Cc1ncc(C(=O)NCC2(O)CCOC2C)s1. The maximum Gasteiger partial charge on any atom is 0.263 e. The van der Waals surface area contributed by atoms with Crippen LogP contribution in [0, 0.1) is 6.92 Å². The van der Waals surface area contributed by atoms with Gasteiger partial charge in [-0.2, -0.15) is 0 Å². The molecule has 0 bridgehead atoms. The average Bonchev–Trinajstić information content (AvgIpc) is 2.84. The number of thiazole rings is 1. The molecule has 0 spiro atoms. The number of aryl methyl sites for hydroxylation is 1. The van der Waals surface area contributed by atoms with Crippen LogP contribution in [0.4, 0.5) is 0 Å². The lowest BCUT2D eigenvalue weighted by Gasteiger charge is -2.25. The molecule has 0 saturated carbocycles. The Bertz CT molecular complexity index is 421. The molecule has 2 unspecified atom stereocenters. The highest BCUT2D eigenvalue weighted by Gasteiger charge is 2.39. The number of aromatic nitrogens is 1. The minimum Gasteiger partial charge on any atom is -0.385 e. The second kappa shape index (κ2) is 4.72. The fraction of sp³-hybridized carbons (Fsp3) is 0.636. The van der Waals surface area contributed by atoms with Gasteiger partial charge in [0.1, 0.15) is 10.5 Å². The number of rotatable bonds is 3. The Labute approximate surface area is 104 Å². The van der Waals surface area contributed by atoms with Crippen LogP contribution < -0.4 is 5.32 Å². The van der Waals surface area contributed by atoms with Crippen LogP contribution in [0.25, 0.3) is 0 Å². The summed E-state index contributed by atoms with van der Waals surface area (Å²) in [5.41, 5.74) is -0.949. The third kappa shape index (κ3) is 2.65. The van der Waals surface area contributed by atoms with E-state index in [2.05, 4.69) is 10.3 Å². The Morgan fingerprint density at radius 1 is 1.82 bits per heavy atom. The van der Waals surface area contributed by atoms with E-state index in [9.17, 15) is 9.90 Å². The number of ether oxygens (including phenoxy) is 1. The average molecular weight is 256 g/mol. The number of nitrogens with one attached hydrogen (secondary N) is 1. The molecule has 17 heavy (non-hydrogen) atoms. The molecule has 0 aliphatic carbocycles. The van der Waals surface area contributed by atoms with Gasteiger partial charge in [-0.25, -0.2) is 4.98 Å². The molecule has 1 aliphatic rings. The minimum absolute atomic E-state index is 0.192. The Balaban J connectivity index is 1.92. The fourth-order valence-corrected chi connectivity index (χ4v) is 2.48. The Morgan fingerprint density at radius 2 is 2.59 bits per heavy atom. The number of aliphatic hydroxyl groups is 1. The molecule has 0 radical (unpaired) electrons. The molecule has 5 nitrogen and oxygen atoms in total. The van der Waals surface area contributed by atoms with Gasteiger partial charge in [-0.3, -0.25) is 4.79 Å². The summed E-state index contributed by atoms with van der Waals surface area (Å²) >= 11 is 1.34. The highest BCUT2D eigenvalue weighted by molar-refractivity contribution is 7.13. The van der Waals surface area contributed by atoms with Crippen molar-refractivity contribution in [2.24, 2.45) is 0 Å². The highest BCUT2D eigenvalue weighted by Crippen LogP contribution is 2.24. The van der Waals surface area contributed by atoms with E-state index in [1.54, 1.807) is 6.20 Å². The molecule has 2 heterocycles. The fourth-order valence-electron chi connectivity index (χ4n) is 1.79. The van der Waals surface area contributed by atoms with Gasteiger partial charge in [0, 0.05) is 19.6 Å². The van der Waals surface area contributed by atoms with E-state index in [0.29, 0.717) is 17.9 Å². The first kappa shape index (κ1) is 12.5. The lowest BCUT2D eigenvalue weighted by molar-refractivity contribution is -0.0251. The van der Waals surface area contributed by atoms with Crippen molar-refractivity contribution in [1.82, 2.24) is 10.3 Å². The van der Waals surface area contributed by atoms with Gasteiger partial charge in [0.25, 0.3) is 5.91 Å². The summed E-state index contributed by atoms with van der Waals surface area (Å²) in [5.74, 6) is -0.192. The van der Waals surface area contributed by atoms with Gasteiger partial charge in [0.05, 0.1) is 17.3 Å². The molecule has 2 N–H and O–H groups in total. The van der Waals surface area contributed by atoms with Crippen molar-refractivity contribution in [1.29, 1.82) is 0 Å². The van der Waals surface area contributed by atoms with Gasteiger partial charge in [-0.1, -0.05) is 0 Å². The van der Waals surface area contributed by atoms with Crippen LogP contribution in [0.2, 0.25) is 0 Å². The summed E-state index contributed by atoms with van der Waals surface area (Å²) in [6.45, 7) is 4.41. The molecule has 2 rings (SSSR count). The lowest BCUT2D eigenvalue weighted by Crippen LogP contribution is -2.47. The minimum atomic E-state index is -0.949. The van der Waals surface area contributed by atoms with Crippen molar-refractivity contribution in [3.63, 3.8) is 0 Å². The summed E-state index contributed by atoms with van der Waals surface area (Å²) in [5, 5.41) is 13.8. The van der Waals surface area contributed by atoms with Gasteiger partial charge in [0.2, 0.25) is 0 Å². The smallest absolute Gasteiger partial charge is 0.263 e. The number of amides is 1. The summed E-state index contributed by atoms with van der Waals surface area (Å²) in [6, 6.07) is 0. The second-order valence-electron chi connectivity index (χ2n) is 4.29. The van der Waals surface area contributed by atoms with Crippen molar-refractivity contribution < 1.29 is 14.6 Å². The predicted molar refractivity (Wildman–Crippen MR) is 64.2 cm³/mol. The third-order valence-electron chi connectivity index (χ3n) is 3.06. The summed E-state index contributed by atoms with van der Waals surface area (Å²) < 4.78 is 5.30. The van der Waals surface area contributed by atoms with Gasteiger partial charge in [0.15, 0.2) is 0 Å². The van der Waals surface area contributed by atoms with Gasteiger partial charge in [-0.15, -0.1) is 11.3 Å². The molecular formula is C11H16N2O3S. The van der Waals surface area contributed by atoms with Gasteiger partial charge >= 0.3 is 0 Å². The Hall–Kier alpha value is -0.980. The molecule has 6 heteroatoms. The first-order valence-electron chi connectivity index (χ1n) is 5.56. The van der Waals surface area contributed by atoms with Crippen molar-refractivity contribution in [2.75, 3.05) is 13.2 Å². The molecule has 1 fully saturated rings. The second-order valence-corrected chi connectivity index (χ2v) is 5.53. The molecule has 0 aromatic carbocycles.